The lowest BCUT2D eigenvalue weighted by Crippen LogP contribution is -2.24. The van der Waals surface area contributed by atoms with Gasteiger partial charge in [0.2, 0.25) is 5.91 Å². The van der Waals surface area contributed by atoms with Crippen LogP contribution in [0.1, 0.15) is 28.1 Å². The molecule has 3 aromatic rings. The van der Waals surface area contributed by atoms with Crippen LogP contribution in [0.4, 0.5) is 5.69 Å². The molecule has 0 aliphatic heterocycles. The molecule has 0 aliphatic carbocycles. The van der Waals surface area contributed by atoms with Gasteiger partial charge in [-0.05, 0) is 49.1 Å². The van der Waals surface area contributed by atoms with Gasteiger partial charge in [0.1, 0.15) is 5.75 Å². The molecule has 0 saturated heterocycles. The van der Waals surface area contributed by atoms with Gasteiger partial charge in [-0.15, -0.1) is 11.3 Å². The number of thiophene rings is 1. The minimum absolute atomic E-state index is 0.104. The largest absolute Gasteiger partial charge is 0.455 e. The second-order valence-corrected chi connectivity index (χ2v) is 7.24. The number of carbonyl (C=O) groups is 2. The van der Waals surface area contributed by atoms with Gasteiger partial charge in [0, 0.05) is 13.0 Å². The molecule has 6 heteroatoms. The van der Waals surface area contributed by atoms with Crippen molar-refractivity contribution in [3.05, 3.63) is 76.5 Å². The number of hydrogen-bond donors (Lipinski definition) is 2. The van der Waals surface area contributed by atoms with Crippen LogP contribution in [0.15, 0.2) is 66.0 Å². The number of benzene rings is 2. The molecule has 0 spiro atoms. The van der Waals surface area contributed by atoms with Gasteiger partial charge in [0.15, 0.2) is 5.75 Å². The van der Waals surface area contributed by atoms with E-state index in [2.05, 4.69) is 10.6 Å². The number of hydrogen-bond acceptors (Lipinski definition) is 4. The van der Waals surface area contributed by atoms with Crippen molar-refractivity contribution in [2.75, 3.05) is 11.9 Å². The quantitative estimate of drug-likeness (QED) is 0.529. The Morgan fingerprint density at radius 2 is 1.79 bits per heavy atom. The highest BCUT2D eigenvalue weighted by Crippen LogP contribution is 2.29. The molecule has 2 amide bonds. The summed E-state index contributed by atoms with van der Waals surface area (Å²) < 4.78 is 5.89. The maximum Gasteiger partial charge on any atom is 0.261 e. The smallest absolute Gasteiger partial charge is 0.261 e. The van der Waals surface area contributed by atoms with Crippen molar-refractivity contribution in [2.24, 2.45) is 0 Å². The first-order valence-electron chi connectivity index (χ1n) is 9.07. The number of anilines is 1. The summed E-state index contributed by atoms with van der Waals surface area (Å²) in [4.78, 5) is 24.8. The van der Waals surface area contributed by atoms with Crippen molar-refractivity contribution >= 4 is 28.8 Å². The van der Waals surface area contributed by atoms with Gasteiger partial charge in [-0.25, -0.2) is 0 Å². The molecule has 0 saturated carbocycles. The van der Waals surface area contributed by atoms with Crippen molar-refractivity contribution in [1.82, 2.24) is 5.32 Å². The molecule has 0 aliphatic rings. The Labute approximate surface area is 168 Å². The first-order valence-corrected chi connectivity index (χ1v) is 9.95. The fraction of sp³-hybridized carbons (Fsp3) is 0.182. The van der Waals surface area contributed by atoms with Gasteiger partial charge < -0.3 is 15.4 Å². The standard InChI is InChI=1S/C22H22N2O3S/c1-16-10-12-17(13-11-16)27-19-7-3-2-6-18(19)24-21(25)9-4-14-23-22(26)20-8-5-15-28-20/h2-3,5-8,10-13,15H,4,9,14H2,1H3,(H,23,26)(H,24,25). The summed E-state index contributed by atoms with van der Waals surface area (Å²) in [5.41, 5.74) is 1.77. The zero-order valence-corrected chi connectivity index (χ0v) is 16.4. The molecule has 5 nitrogen and oxygen atoms in total. The molecule has 28 heavy (non-hydrogen) atoms. The molecule has 0 radical (unpaired) electrons. The van der Waals surface area contributed by atoms with E-state index in [1.807, 2.05) is 60.8 Å². The zero-order chi connectivity index (χ0) is 19.8. The van der Waals surface area contributed by atoms with Crippen molar-refractivity contribution in [2.45, 2.75) is 19.8 Å². The zero-order valence-electron chi connectivity index (χ0n) is 15.6. The number of amides is 2. The molecule has 0 bridgehead atoms. The highest BCUT2D eigenvalue weighted by Gasteiger charge is 2.09. The van der Waals surface area contributed by atoms with Gasteiger partial charge in [-0.1, -0.05) is 35.9 Å². The van der Waals surface area contributed by atoms with Gasteiger partial charge in [-0.2, -0.15) is 0 Å². The summed E-state index contributed by atoms with van der Waals surface area (Å²) in [7, 11) is 0. The first kappa shape index (κ1) is 19.6. The Bertz CT molecular complexity index is 921. The predicted molar refractivity (Wildman–Crippen MR) is 112 cm³/mol. The Morgan fingerprint density at radius 3 is 2.54 bits per heavy atom. The van der Waals surface area contributed by atoms with Crippen LogP contribution in [0.2, 0.25) is 0 Å². The van der Waals surface area contributed by atoms with Crippen molar-refractivity contribution < 1.29 is 14.3 Å². The van der Waals surface area contributed by atoms with Crippen LogP contribution in [0.5, 0.6) is 11.5 Å². The van der Waals surface area contributed by atoms with Crippen LogP contribution in [-0.4, -0.2) is 18.4 Å². The SMILES string of the molecule is Cc1ccc(Oc2ccccc2NC(=O)CCCNC(=O)c2cccs2)cc1. The average molecular weight is 394 g/mol. The number of carbonyl (C=O) groups excluding carboxylic acids is 2. The minimum Gasteiger partial charge on any atom is -0.455 e. The monoisotopic (exact) mass is 394 g/mol. The van der Waals surface area contributed by atoms with Crippen LogP contribution in [-0.2, 0) is 4.79 Å². The minimum atomic E-state index is -0.120. The van der Waals surface area contributed by atoms with Gasteiger partial charge in [-0.3, -0.25) is 9.59 Å². The molecule has 0 atom stereocenters. The fourth-order valence-corrected chi connectivity index (χ4v) is 3.19. The molecule has 2 aromatic carbocycles. The Kier molecular flexibility index (Phi) is 6.81. The van der Waals surface area contributed by atoms with E-state index in [4.69, 9.17) is 4.74 Å². The normalized spacial score (nSPS) is 10.3. The topological polar surface area (TPSA) is 67.4 Å². The number of aryl methyl sites for hydroxylation is 1. The predicted octanol–water partition coefficient (Wildman–Crippen LogP) is 5.00. The lowest BCUT2D eigenvalue weighted by molar-refractivity contribution is -0.116. The lowest BCUT2D eigenvalue weighted by Gasteiger charge is -2.12. The van der Waals surface area contributed by atoms with E-state index in [1.54, 1.807) is 12.1 Å². The maximum absolute atomic E-state index is 12.3. The van der Waals surface area contributed by atoms with Gasteiger partial charge in [0.25, 0.3) is 5.91 Å². The van der Waals surface area contributed by atoms with Crippen molar-refractivity contribution in [3.8, 4) is 11.5 Å². The van der Waals surface area contributed by atoms with Crippen LogP contribution in [0, 0.1) is 6.92 Å². The number of ether oxygens (including phenoxy) is 1. The molecule has 1 aromatic heterocycles. The number of nitrogens with one attached hydrogen (secondary N) is 2. The highest BCUT2D eigenvalue weighted by molar-refractivity contribution is 7.12. The van der Waals surface area contributed by atoms with E-state index in [1.165, 1.54) is 11.3 Å². The highest BCUT2D eigenvalue weighted by atomic mass is 32.1. The Hall–Kier alpha value is -3.12. The molecular weight excluding hydrogens is 372 g/mol. The maximum atomic E-state index is 12.3. The third-order valence-corrected chi connectivity index (χ3v) is 4.89. The molecule has 1 heterocycles. The van der Waals surface area contributed by atoms with Crippen LogP contribution < -0.4 is 15.4 Å². The van der Waals surface area contributed by atoms with E-state index >= 15 is 0 Å². The molecule has 144 valence electrons. The second-order valence-electron chi connectivity index (χ2n) is 6.30. The van der Waals surface area contributed by atoms with Gasteiger partial charge in [0.05, 0.1) is 10.6 Å². The molecule has 0 fully saturated rings. The third kappa shape index (κ3) is 5.69. The van der Waals surface area contributed by atoms with Crippen molar-refractivity contribution in [3.63, 3.8) is 0 Å². The lowest BCUT2D eigenvalue weighted by atomic mass is 10.2. The van der Waals surface area contributed by atoms with Crippen LogP contribution >= 0.6 is 11.3 Å². The summed E-state index contributed by atoms with van der Waals surface area (Å²) in [6.45, 7) is 2.46. The third-order valence-electron chi connectivity index (χ3n) is 4.02. The molecule has 0 unspecified atom stereocenters. The average Bonchev–Trinajstić information content (AvgIpc) is 3.23. The summed E-state index contributed by atoms with van der Waals surface area (Å²) >= 11 is 1.39. The second kappa shape index (κ2) is 9.71. The van der Waals surface area contributed by atoms with Crippen LogP contribution in [0.3, 0.4) is 0 Å². The Balaban J connectivity index is 1.48. The summed E-state index contributed by atoms with van der Waals surface area (Å²) in [6, 6.07) is 18.7. The molecule has 2 N–H and O–H groups in total. The Morgan fingerprint density at radius 1 is 1.00 bits per heavy atom. The van der Waals surface area contributed by atoms with E-state index < -0.39 is 0 Å². The van der Waals surface area contributed by atoms with E-state index in [0.717, 1.165) is 5.56 Å². The molecular formula is C22H22N2O3S. The van der Waals surface area contributed by atoms with Crippen molar-refractivity contribution in [1.29, 1.82) is 0 Å². The molecule has 3 rings (SSSR count). The van der Waals surface area contributed by atoms with Gasteiger partial charge >= 0.3 is 0 Å². The first-order chi connectivity index (χ1) is 13.6. The summed E-state index contributed by atoms with van der Waals surface area (Å²) in [6.07, 6.45) is 0.869. The van der Waals surface area contributed by atoms with E-state index in [0.29, 0.717) is 41.4 Å². The fourth-order valence-electron chi connectivity index (χ4n) is 2.55. The van der Waals surface area contributed by atoms with Crippen LogP contribution in [0.25, 0.3) is 0 Å². The van der Waals surface area contributed by atoms with E-state index in [9.17, 15) is 9.59 Å². The number of rotatable bonds is 8. The summed E-state index contributed by atoms with van der Waals surface area (Å²) in [5.74, 6) is 1.08. The summed E-state index contributed by atoms with van der Waals surface area (Å²) in [5, 5.41) is 7.56. The van der Waals surface area contributed by atoms with E-state index in [-0.39, 0.29) is 11.8 Å². The number of para-hydroxylation sites is 2.